The normalized spacial score (nSPS) is 10.8. The molecule has 2 heteroatoms. The maximum Gasteiger partial charge on any atom is 0.118 e. The molecule has 0 heterocycles. The Labute approximate surface area is 108 Å². The number of benzene rings is 2. The van der Waals surface area contributed by atoms with E-state index in [1.807, 2.05) is 36.5 Å². The summed E-state index contributed by atoms with van der Waals surface area (Å²) in [6.07, 6.45) is 1.87. The molecule has 2 nitrogen and oxygen atoms in total. The minimum Gasteiger partial charge on any atom is -0.497 e. The van der Waals surface area contributed by atoms with E-state index in [1.54, 1.807) is 7.11 Å². The van der Waals surface area contributed by atoms with Crippen LogP contribution in [0.3, 0.4) is 0 Å². The molecule has 0 spiro atoms. The van der Waals surface area contributed by atoms with Gasteiger partial charge >= 0.3 is 0 Å². The van der Waals surface area contributed by atoms with Crippen LogP contribution in [0.5, 0.6) is 5.75 Å². The average molecular weight is 239 g/mol. The van der Waals surface area contributed by atoms with Gasteiger partial charge in [0.2, 0.25) is 0 Å². The van der Waals surface area contributed by atoms with Crippen LogP contribution in [-0.2, 0) is 0 Å². The van der Waals surface area contributed by atoms with Crippen LogP contribution in [0.1, 0.15) is 16.7 Å². The topological polar surface area (TPSA) is 21.6 Å². The molecule has 2 rings (SSSR count). The van der Waals surface area contributed by atoms with Gasteiger partial charge in [0.1, 0.15) is 5.75 Å². The molecule has 0 amide bonds. The standard InChI is InChI=1S/C16H17NO/c1-12-4-9-16(13(2)10-12)17-11-14-5-7-15(18-3)8-6-14/h4-11H,1-3H3. The summed E-state index contributed by atoms with van der Waals surface area (Å²) in [5.74, 6) is 0.860. The van der Waals surface area contributed by atoms with Gasteiger partial charge in [-0.05, 0) is 55.3 Å². The van der Waals surface area contributed by atoms with Crippen molar-refractivity contribution in [3.05, 3.63) is 59.2 Å². The van der Waals surface area contributed by atoms with Gasteiger partial charge in [0.05, 0.1) is 12.8 Å². The van der Waals surface area contributed by atoms with E-state index in [2.05, 4.69) is 31.0 Å². The molecule has 92 valence electrons. The highest BCUT2D eigenvalue weighted by Crippen LogP contribution is 2.19. The molecule has 18 heavy (non-hydrogen) atoms. The third-order valence-electron chi connectivity index (χ3n) is 2.82. The van der Waals surface area contributed by atoms with Gasteiger partial charge in [-0.15, -0.1) is 0 Å². The predicted octanol–water partition coefficient (Wildman–Crippen LogP) is 4.06. The Hall–Kier alpha value is -2.09. The van der Waals surface area contributed by atoms with Gasteiger partial charge in [-0.25, -0.2) is 0 Å². The molecule has 2 aromatic carbocycles. The minimum atomic E-state index is 0.860. The van der Waals surface area contributed by atoms with Crippen molar-refractivity contribution in [3.8, 4) is 5.75 Å². The van der Waals surface area contributed by atoms with Crippen LogP contribution in [-0.4, -0.2) is 13.3 Å². The van der Waals surface area contributed by atoms with E-state index in [-0.39, 0.29) is 0 Å². The molecule has 0 saturated heterocycles. The molecule has 0 aliphatic rings. The van der Waals surface area contributed by atoms with Crippen LogP contribution < -0.4 is 4.74 Å². The van der Waals surface area contributed by atoms with Crippen LogP contribution in [0, 0.1) is 13.8 Å². The number of methoxy groups -OCH3 is 1. The lowest BCUT2D eigenvalue weighted by molar-refractivity contribution is 0.415. The number of ether oxygens (including phenoxy) is 1. The summed E-state index contributed by atoms with van der Waals surface area (Å²) >= 11 is 0. The molecule has 0 aromatic heterocycles. The van der Waals surface area contributed by atoms with Crippen LogP contribution in [0.4, 0.5) is 5.69 Å². The molecule has 0 atom stereocenters. The molecular formula is C16H17NO. The van der Waals surface area contributed by atoms with Crippen LogP contribution in [0.15, 0.2) is 47.5 Å². The van der Waals surface area contributed by atoms with Crippen molar-refractivity contribution in [2.75, 3.05) is 7.11 Å². The Balaban J connectivity index is 2.19. The van der Waals surface area contributed by atoms with E-state index in [0.717, 1.165) is 17.0 Å². The highest BCUT2D eigenvalue weighted by atomic mass is 16.5. The third-order valence-corrected chi connectivity index (χ3v) is 2.82. The molecule has 0 saturated carbocycles. The van der Waals surface area contributed by atoms with Crippen LogP contribution in [0.25, 0.3) is 0 Å². The van der Waals surface area contributed by atoms with Crippen molar-refractivity contribution in [3.63, 3.8) is 0 Å². The van der Waals surface area contributed by atoms with E-state index >= 15 is 0 Å². The van der Waals surface area contributed by atoms with Gasteiger partial charge < -0.3 is 4.74 Å². The number of nitrogens with zero attached hydrogens (tertiary/aromatic N) is 1. The van der Waals surface area contributed by atoms with Crippen molar-refractivity contribution in [1.29, 1.82) is 0 Å². The number of hydrogen-bond acceptors (Lipinski definition) is 2. The second-order valence-corrected chi connectivity index (χ2v) is 4.32. The third kappa shape index (κ3) is 2.98. The molecular weight excluding hydrogens is 222 g/mol. The maximum atomic E-state index is 5.12. The molecule has 0 N–H and O–H groups in total. The van der Waals surface area contributed by atoms with E-state index in [0.29, 0.717) is 0 Å². The Morgan fingerprint density at radius 3 is 2.33 bits per heavy atom. The second-order valence-electron chi connectivity index (χ2n) is 4.32. The smallest absolute Gasteiger partial charge is 0.118 e. The number of aryl methyl sites for hydroxylation is 2. The Morgan fingerprint density at radius 2 is 1.72 bits per heavy atom. The lowest BCUT2D eigenvalue weighted by Crippen LogP contribution is -1.85. The Bertz CT molecular complexity index is 556. The molecule has 0 radical (unpaired) electrons. The molecule has 2 aromatic rings. The highest BCUT2D eigenvalue weighted by Gasteiger charge is 1.96. The number of rotatable bonds is 3. The summed E-state index contributed by atoms with van der Waals surface area (Å²) in [6, 6.07) is 14.1. The predicted molar refractivity (Wildman–Crippen MR) is 76.2 cm³/mol. The summed E-state index contributed by atoms with van der Waals surface area (Å²) in [7, 11) is 1.67. The first-order chi connectivity index (χ1) is 8.69. The zero-order chi connectivity index (χ0) is 13.0. The molecule has 0 bridgehead atoms. The van der Waals surface area contributed by atoms with E-state index in [4.69, 9.17) is 4.74 Å². The first-order valence-corrected chi connectivity index (χ1v) is 5.94. The summed E-state index contributed by atoms with van der Waals surface area (Å²) in [4.78, 5) is 4.51. The number of hydrogen-bond donors (Lipinski definition) is 0. The van der Waals surface area contributed by atoms with Gasteiger partial charge in [0.15, 0.2) is 0 Å². The first kappa shape index (κ1) is 12.4. The zero-order valence-corrected chi connectivity index (χ0v) is 11.0. The van der Waals surface area contributed by atoms with Gasteiger partial charge in [-0.3, -0.25) is 4.99 Å². The summed E-state index contributed by atoms with van der Waals surface area (Å²) < 4.78 is 5.12. The zero-order valence-electron chi connectivity index (χ0n) is 11.0. The largest absolute Gasteiger partial charge is 0.497 e. The van der Waals surface area contributed by atoms with E-state index < -0.39 is 0 Å². The maximum absolute atomic E-state index is 5.12. The Morgan fingerprint density at radius 1 is 1.00 bits per heavy atom. The summed E-state index contributed by atoms with van der Waals surface area (Å²) in [6.45, 7) is 4.16. The van der Waals surface area contributed by atoms with Crippen LogP contribution in [0.2, 0.25) is 0 Å². The van der Waals surface area contributed by atoms with Gasteiger partial charge in [-0.2, -0.15) is 0 Å². The monoisotopic (exact) mass is 239 g/mol. The second kappa shape index (κ2) is 5.50. The SMILES string of the molecule is COc1ccc(C=Nc2ccc(C)cc2C)cc1. The van der Waals surface area contributed by atoms with Gasteiger partial charge in [0.25, 0.3) is 0 Å². The molecule has 0 unspecified atom stereocenters. The first-order valence-electron chi connectivity index (χ1n) is 5.94. The Kier molecular flexibility index (Phi) is 3.78. The molecule has 0 aliphatic carbocycles. The number of aliphatic imine (C=N–C) groups is 1. The quantitative estimate of drug-likeness (QED) is 0.740. The lowest BCUT2D eigenvalue weighted by atomic mass is 10.1. The summed E-state index contributed by atoms with van der Waals surface area (Å²) in [5.41, 5.74) is 4.53. The van der Waals surface area contributed by atoms with Crippen molar-refractivity contribution in [1.82, 2.24) is 0 Å². The van der Waals surface area contributed by atoms with Gasteiger partial charge in [-0.1, -0.05) is 17.7 Å². The fourth-order valence-corrected chi connectivity index (χ4v) is 1.78. The van der Waals surface area contributed by atoms with E-state index in [9.17, 15) is 0 Å². The van der Waals surface area contributed by atoms with Crippen molar-refractivity contribution < 1.29 is 4.74 Å². The lowest BCUT2D eigenvalue weighted by Gasteiger charge is -2.02. The fraction of sp³-hybridized carbons (Fsp3) is 0.188. The minimum absolute atomic E-state index is 0.860. The van der Waals surface area contributed by atoms with Crippen molar-refractivity contribution in [2.45, 2.75) is 13.8 Å². The van der Waals surface area contributed by atoms with Gasteiger partial charge in [0, 0.05) is 6.21 Å². The van der Waals surface area contributed by atoms with Crippen molar-refractivity contribution in [2.24, 2.45) is 4.99 Å². The summed E-state index contributed by atoms with van der Waals surface area (Å²) in [5, 5.41) is 0. The molecule has 0 aliphatic heterocycles. The van der Waals surface area contributed by atoms with Crippen molar-refractivity contribution >= 4 is 11.9 Å². The average Bonchev–Trinajstić information content (AvgIpc) is 2.38. The highest BCUT2D eigenvalue weighted by molar-refractivity contribution is 5.82. The van der Waals surface area contributed by atoms with E-state index in [1.165, 1.54) is 11.1 Å². The van der Waals surface area contributed by atoms with Crippen LogP contribution >= 0.6 is 0 Å². The fourth-order valence-electron chi connectivity index (χ4n) is 1.78. The molecule has 0 fully saturated rings.